The van der Waals surface area contributed by atoms with Crippen molar-refractivity contribution in [3.8, 4) is 5.75 Å². The number of amides is 1. The second-order valence-corrected chi connectivity index (χ2v) is 6.16. The summed E-state index contributed by atoms with van der Waals surface area (Å²) in [5.74, 6) is -0.381. The average Bonchev–Trinajstić information content (AvgIpc) is 2.60. The Bertz CT molecular complexity index is 802. The molecule has 0 bridgehead atoms. The number of hydrogen-bond donors (Lipinski definition) is 2. The van der Waals surface area contributed by atoms with E-state index in [0.717, 1.165) is 21.9 Å². The summed E-state index contributed by atoms with van der Waals surface area (Å²) in [4.78, 5) is 22.8. The topological polar surface area (TPSA) is 75.6 Å². The Hall–Kier alpha value is -2.60. The molecule has 6 heteroatoms. The molecule has 0 unspecified atom stereocenters. The molecule has 0 aromatic heterocycles. The highest BCUT2D eigenvalue weighted by molar-refractivity contribution is 9.10. The molecular formula is C19H18BrNO4. The number of carbonyl (C=O) groups excluding carboxylic acids is 1. The number of rotatable bonds is 7. The van der Waals surface area contributed by atoms with Gasteiger partial charge in [0.05, 0.1) is 12.8 Å². The van der Waals surface area contributed by atoms with Crippen LogP contribution in [0.1, 0.15) is 17.5 Å². The van der Waals surface area contributed by atoms with Crippen molar-refractivity contribution < 1.29 is 19.4 Å². The van der Waals surface area contributed by atoms with Crippen LogP contribution < -0.4 is 10.1 Å². The van der Waals surface area contributed by atoms with Crippen molar-refractivity contribution >= 4 is 39.6 Å². The molecule has 2 N–H and O–H groups in total. The monoisotopic (exact) mass is 403 g/mol. The van der Waals surface area contributed by atoms with Crippen LogP contribution in [0.5, 0.6) is 5.75 Å². The minimum atomic E-state index is -1.02. The van der Waals surface area contributed by atoms with Gasteiger partial charge in [0.25, 0.3) is 0 Å². The normalized spacial score (nSPS) is 10.6. The first-order valence-electron chi connectivity index (χ1n) is 7.61. The van der Waals surface area contributed by atoms with E-state index in [1.165, 1.54) is 6.08 Å². The molecule has 0 saturated carbocycles. The van der Waals surface area contributed by atoms with Gasteiger partial charge >= 0.3 is 5.97 Å². The molecular weight excluding hydrogens is 386 g/mol. The summed E-state index contributed by atoms with van der Waals surface area (Å²) in [5, 5.41) is 11.5. The van der Waals surface area contributed by atoms with Crippen LogP contribution in [0.15, 0.2) is 53.0 Å². The van der Waals surface area contributed by atoms with E-state index in [9.17, 15) is 9.59 Å². The van der Waals surface area contributed by atoms with E-state index in [4.69, 9.17) is 9.84 Å². The summed E-state index contributed by atoms with van der Waals surface area (Å²) >= 11 is 3.38. The van der Waals surface area contributed by atoms with Gasteiger partial charge in [-0.25, -0.2) is 4.79 Å². The highest BCUT2D eigenvalue weighted by Crippen LogP contribution is 2.24. The van der Waals surface area contributed by atoms with E-state index >= 15 is 0 Å². The summed E-state index contributed by atoms with van der Waals surface area (Å²) < 4.78 is 5.90. The predicted molar refractivity (Wildman–Crippen MR) is 101 cm³/mol. The number of anilines is 1. The molecule has 0 spiro atoms. The zero-order valence-electron chi connectivity index (χ0n) is 13.7. The molecule has 0 aliphatic rings. The minimum Gasteiger partial charge on any atom is -0.497 e. The van der Waals surface area contributed by atoms with Crippen molar-refractivity contribution in [2.75, 3.05) is 12.4 Å². The van der Waals surface area contributed by atoms with Gasteiger partial charge in [-0.3, -0.25) is 4.79 Å². The molecule has 130 valence electrons. The van der Waals surface area contributed by atoms with Gasteiger partial charge < -0.3 is 15.2 Å². The Labute approximate surface area is 154 Å². The van der Waals surface area contributed by atoms with Crippen LogP contribution in [-0.2, 0) is 16.0 Å². The lowest BCUT2D eigenvalue weighted by molar-refractivity contribution is -0.131. The summed E-state index contributed by atoms with van der Waals surface area (Å²) in [6.07, 6.45) is 3.45. The number of aryl methyl sites for hydroxylation is 1. The highest BCUT2D eigenvalue weighted by atomic mass is 79.9. The molecule has 2 aromatic carbocycles. The second-order valence-electron chi connectivity index (χ2n) is 5.31. The third kappa shape index (κ3) is 6.08. The molecule has 0 atom stereocenters. The Kier molecular flexibility index (Phi) is 6.77. The number of nitrogens with one attached hydrogen (secondary N) is 1. The zero-order valence-corrected chi connectivity index (χ0v) is 15.2. The number of carboxylic acids is 1. The lowest BCUT2D eigenvalue weighted by Gasteiger charge is -2.09. The van der Waals surface area contributed by atoms with Crippen molar-refractivity contribution in [2.24, 2.45) is 0 Å². The highest BCUT2D eigenvalue weighted by Gasteiger charge is 2.07. The van der Waals surface area contributed by atoms with Gasteiger partial charge in [0.15, 0.2) is 0 Å². The molecule has 0 aliphatic heterocycles. The smallest absolute Gasteiger partial charge is 0.328 e. The summed E-state index contributed by atoms with van der Waals surface area (Å²) in [6.45, 7) is 0. The van der Waals surface area contributed by atoms with E-state index in [0.29, 0.717) is 24.1 Å². The molecule has 0 heterocycles. The Morgan fingerprint density at radius 1 is 1.24 bits per heavy atom. The summed E-state index contributed by atoms with van der Waals surface area (Å²) in [5.41, 5.74) is 2.31. The number of aliphatic carboxylic acids is 1. The Balaban J connectivity index is 1.99. The van der Waals surface area contributed by atoms with Gasteiger partial charge in [-0.1, -0.05) is 18.2 Å². The van der Waals surface area contributed by atoms with Crippen LogP contribution in [0.4, 0.5) is 5.69 Å². The van der Waals surface area contributed by atoms with E-state index in [-0.39, 0.29) is 5.91 Å². The van der Waals surface area contributed by atoms with E-state index in [1.807, 2.05) is 24.3 Å². The van der Waals surface area contributed by atoms with E-state index in [1.54, 1.807) is 25.3 Å². The lowest BCUT2D eigenvalue weighted by atomic mass is 10.1. The fraction of sp³-hybridized carbons (Fsp3) is 0.158. The van der Waals surface area contributed by atoms with Crippen LogP contribution >= 0.6 is 15.9 Å². The van der Waals surface area contributed by atoms with Crippen molar-refractivity contribution in [1.82, 2.24) is 0 Å². The van der Waals surface area contributed by atoms with Crippen LogP contribution in [0.25, 0.3) is 6.08 Å². The number of carbonyl (C=O) groups is 2. The van der Waals surface area contributed by atoms with Gasteiger partial charge in [-0.05, 0) is 63.8 Å². The van der Waals surface area contributed by atoms with Crippen molar-refractivity contribution in [3.63, 3.8) is 0 Å². The summed E-state index contributed by atoms with van der Waals surface area (Å²) in [6, 6.07) is 12.8. The second kappa shape index (κ2) is 9.03. The largest absolute Gasteiger partial charge is 0.497 e. The van der Waals surface area contributed by atoms with Crippen LogP contribution in [-0.4, -0.2) is 24.1 Å². The molecule has 0 radical (unpaired) electrons. The zero-order chi connectivity index (χ0) is 18.2. The van der Waals surface area contributed by atoms with Gasteiger partial charge in [0, 0.05) is 17.0 Å². The first-order chi connectivity index (χ1) is 12.0. The average molecular weight is 404 g/mol. The van der Waals surface area contributed by atoms with Gasteiger partial charge in [0.1, 0.15) is 5.75 Å². The molecule has 2 rings (SSSR count). The quantitative estimate of drug-likeness (QED) is 0.681. The molecule has 1 amide bonds. The molecule has 0 aliphatic carbocycles. The molecule has 0 saturated heterocycles. The molecule has 2 aromatic rings. The number of hydrogen-bond acceptors (Lipinski definition) is 3. The maximum atomic E-state index is 12.2. The van der Waals surface area contributed by atoms with Crippen LogP contribution in [0.2, 0.25) is 0 Å². The fourth-order valence-electron chi connectivity index (χ4n) is 2.21. The number of halogens is 1. The number of ether oxygens (including phenoxy) is 1. The Morgan fingerprint density at radius 2 is 2.04 bits per heavy atom. The third-order valence-electron chi connectivity index (χ3n) is 3.46. The standard InChI is InChI=1S/C19H18BrNO4/c1-25-15-4-2-3-13(11-15)6-9-18(22)21-17-12-14(5-8-16(17)20)7-10-19(23)24/h2-5,7-8,10-12H,6,9H2,1H3,(H,21,22)(H,23,24)/b10-7+. The van der Waals surface area contributed by atoms with E-state index in [2.05, 4.69) is 21.2 Å². The third-order valence-corrected chi connectivity index (χ3v) is 4.15. The molecule has 5 nitrogen and oxygen atoms in total. The lowest BCUT2D eigenvalue weighted by Crippen LogP contribution is -2.12. The SMILES string of the molecule is COc1cccc(CCC(=O)Nc2cc(/C=C/C(=O)O)ccc2Br)c1. The number of benzene rings is 2. The van der Waals surface area contributed by atoms with E-state index < -0.39 is 5.97 Å². The Morgan fingerprint density at radius 3 is 2.76 bits per heavy atom. The molecule has 0 fully saturated rings. The number of methoxy groups -OCH3 is 1. The minimum absolute atomic E-state index is 0.122. The van der Waals surface area contributed by atoms with Crippen LogP contribution in [0, 0.1) is 0 Å². The maximum absolute atomic E-state index is 12.2. The first kappa shape index (κ1) is 18.7. The van der Waals surface area contributed by atoms with Gasteiger partial charge in [0.2, 0.25) is 5.91 Å². The van der Waals surface area contributed by atoms with Crippen molar-refractivity contribution in [3.05, 3.63) is 64.1 Å². The molecule has 25 heavy (non-hydrogen) atoms. The fourth-order valence-corrected chi connectivity index (χ4v) is 2.55. The summed E-state index contributed by atoms with van der Waals surface area (Å²) in [7, 11) is 1.61. The van der Waals surface area contributed by atoms with Gasteiger partial charge in [-0.2, -0.15) is 0 Å². The number of carboxylic acid groups (broad SMARTS) is 1. The van der Waals surface area contributed by atoms with Crippen LogP contribution in [0.3, 0.4) is 0 Å². The van der Waals surface area contributed by atoms with Crippen molar-refractivity contribution in [2.45, 2.75) is 12.8 Å². The predicted octanol–water partition coefficient (Wildman–Crippen LogP) is 4.13. The van der Waals surface area contributed by atoms with Crippen molar-refractivity contribution in [1.29, 1.82) is 0 Å². The first-order valence-corrected chi connectivity index (χ1v) is 8.40. The maximum Gasteiger partial charge on any atom is 0.328 e. The van der Waals surface area contributed by atoms with Gasteiger partial charge in [-0.15, -0.1) is 0 Å².